The van der Waals surface area contributed by atoms with Gasteiger partial charge in [0.05, 0.1) is 22.4 Å². The van der Waals surface area contributed by atoms with Crippen molar-refractivity contribution in [3.8, 4) is 50.2 Å². The monoisotopic (exact) mass is 804 g/mol. The molecule has 10 aromatic carbocycles. The predicted molar refractivity (Wildman–Crippen MR) is 264 cm³/mol. The maximum Gasteiger partial charge on any atom is 0.136 e. The quantitative estimate of drug-likeness (QED) is 0.153. The van der Waals surface area contributed by atoms with Gasteiger partial charge in [-0.3, -0.25) is 0 Å². The molecule has 0 aliphatic carbocycles. The molecule has 2 heterocycles. The van der Waals surface area contributed by atoms with E-state index in [-0.39, 0.29) is 0 Å². The van der Waals surface area contributed by atoms with E-state index in [1.54, 1.807) is 0 Å². The van der Waals surface area contributed by atoms with Crippen LogP contribution in [-0.2, 0) is 0 Å². The lowest BCUT2D eigenvalue weighted by molar-refractivity contribution is 0.669. The highest BCUT2D eigenvalue weighted by Crippen LogP contribution is 2.44. The molecule has 0 bridgehead atoms. The Balaban J connectivity index is 0.983. The van der Waals surface area contributed by atoms with Gasteiger partial charge in [-0.05, 0) is 94.0 Å². The number of furan rings is 1. The number of benzene rings is 10. The molecule has 296 valence electrons. The second-order valence-corrected chi connectivity index (χ2v) is 16.1. The van der Waals surface area contributed by atoms with Gasteiger partial charge in [0.1, 0.15) is 11.2 Å². The topological polar surface area (TPSA) is 21.3 Å². The highest BCUT2D eigenvalue weighted by atomic mass is 16.3. The Bertz CT molecular complexity index is 3550. The summed E-state index contributed by atoms with van der Waals surface area (Å²) in [6, 6.07) is 87.1. The molecule has 0 N–H and O–H groups in total. The van der Waals surface area contributed by atoms with Gasteiger partial charge in [-0.2, -0.15) is 0 Å². The summed E-state index contributed by atoms with van der Waals surface area (Å²) in [7, 11) is 0. The Kier molecular flexibility index (Phi) is 8.83. The van der Waals surface area contributed by atoms with Crippen LogP contribution in [0.2, 0.25) is 0 Å². The van der Waals surface area contributed by atoms with Gasteiger partial charge in [0.15, 0.2) is 0 Å². The molecule has 0 fully saturated rings. The predicted octanol–water partition coefficient (Wildman–Crippen LogP) is 16.8. The van der Waals surface area contributed by atoms with Gasteiger partial charge in [-0.1, -0.05) is 182 Å². The van der Waals surface area contributed by atoms with E-state index >= 15 is 0 Å². The van der Waals surface area contributed by atoms with E-state index in [2.05, 4.69) is 240 Å². The fourth-order valence-corrected chi connectivity index (χ4v) is 9.50. The summed E-state index contributed by atoms with van der Waals surface area (Å²) in [4.78, 5) is 2.39. The van der Waals surface area contributed by atoms with Crippen LogP contribution in [0.25, 0.3) is 93.9 Å². The summed E-state index contributed by atoms with van der Waals surface area (Å²) in [5.41, 5.74) is 17.9. The van der Waals surface area contributed by atoms with E-state index in [1.165, 1.54) is 38.5 Å². The maximum absolute atomic E-state index is 6.28. The summed E-state index contributed by atoms with van der Waals surface area (Å²) < 4.78 is 8.69. The lowest BCUT2D eigenvalue weighted by Gasteiger charge is -2.28. The van der Waals surface area contributed by atoms with Crippen molar-refractivity contribution < 1.29 is 4.42 Å². The molecule has 0 saturated heterocycles. The zero-order chi connectivity index (χ0) is 41.7. The molecular formula is C60H40N2O. The summed E-state index contributed by atoms with van der Waals surface area (Å²) in [6.45, 7) is 0. The number of para-hydroxylation sites is 5. The Morgan fingerprint density at radius 2 is 0.762 bits per heavy atom. The van der Waals surface area contributed by atoms with Gasteiger partial charge in [0, 0.05) is 44.0 Å². The molecule has 0 amide bonds. The average Bonchev–Trinajstić information content (AvgIpc) is 3.91. The van der Waals surface area contributed by atoms with Crippen molar-refractivity contribution in [1.82, 2.24) is 4.57 Å². The van der Waals surface area contributed by atoms with Gasteiger partial charge >= 0.3 is 0 Å². The van der Waals surface area contributed by atoms with Crippen molar-refractivity contribution in [2.24, 2.45) is 0 Å². The van der Waals surface area contributed by atoms with Crippen molar-refractivity contribution in [2.75, 3.05) is 4.90 Å². The van der Waals surface area contributed by atoms with Crippen molar-refractivity contribution in [1.29, 1.82) is 0 Å². The fourth-order valence-electron chi connectivity index (χ4n) is 9.50. The number of nitrogens with zero attached hydrogens (tertiary/aromatic N) is 2. The summed E-state index contributed by atoms with van der Waals surface area (Å²) in [5.74, 6) is 0. The molecule has 3 heteroatoms. The zero-order valence-electron chi connectivity index (χ0n) is 34.4. The lowest BCUT2D eigenvalue weighted by atomic mass is 9.97. The van der Waals surface area contributed by atoms with E-state index < -0.39 is 0 Å². The van der Waals surface area contributed by atoms with Crippen LogP contribution < -0.4 is 4.90 Å². The van der Waals surface area contributed by atoms with Crippen LogP contribution in [0.1, 0.15) is 0 Å². The Morgan fingerprint density at radius 1 is 0.302 bits per heavy atom. The smallest absolute Gasteiger partial charge is 0.136 e. The highest BCUT2D eigenvalue weighted by molar-refractivity contribution is 6.12. The van der Waals surface area contributed by atoms with Crippen LogP contribution in [0.3, 0.4) is 0 Å². The maximum atomic E-state index is 6.28. The molecule has 0 atom stereocenters. The van der Waals surface area contributed by atoms with E-state index in [0.29, 0.717) is 0 Å². The Morgan fingerprint density at radius 3 is 1.46 bits per heavy atom. The van der Waals surface area contributed by atoms with Crippen LogP contribution >= 0.6 is 0 Å². The molecule has 0 saturated carbocycles. The third kappa shape index (κ3) is 6.29. The summed E-state index contributed by atoms with van der Waals surface area (Å²) in [6.07, 6.45) is 0. The highest BCUT2D eigenvalue weighted by Gasteiger charge is 2.20. The minimum atomic E-state index is 0.895. The first kappa shape index (κ1) is 36.5. The molecule has 0 aliphatic heterocycles. The van der Waals surface area contributed by atoms with Crippen molar-refractivity contribution in [3.05, 3.63) is 243 Å². The fraction of sp³-hybridized carbons (Fsp3) is 0. The molecule has 12 rings (SSSR count). The number of hydrogen-bond donors (Lipinski definition) is 0. The van der Waals surface area contributed by atoms with Crippen molar-refractivity contribution in [2.45, 2.75) is 0 Å². The Hall–Kier alpha value is -8.40. The van der Waals surface area contributed by atoms with Crippen LogP contribution in [-0.4, -0.2) is 4.57 Å². The van der Waals surface area contributed by atoms with E-state index in [1.807, 2.05) is 12.1 Å². The van der Waals surface area contributed by atoms with Crippen LogP contribution in [0, 0.1) is 0 Å². The molecule has 0 aliphatic rings. The number of rotatable bonds is 8. The normalized spacial score (nSPS) is 11.5. The van der Waals surface area contributed by atoms with Crippen molar-refractivity contribution in [3.63, 3.8) is 0 Å². The minimum Gasteiger partial charge on any atom is -0.456 e. The number of hydrogen-bond acceptors (Lipinski definition) is 2. The van der Waals surface area contributed by atoms with Gasteiger partial charge in [0.2, 0.25) is 0 Å². The molecule has 3 nitrogen and oxygen atoms in total. The number of aromatic nitrogens is 1. The molecule has 2 aromatic heterocycles. The van der Waals surface area contributed by atoms with E-state index in [0.717, 1.165) is 72.5 Å². The molecule has 0 radical (unpaired) electrons. The third-order valence-electron chi connectivity index (χ3n) is 12.4. The number of anilines is 3. The van der Waals surface area contributed by atoms with Gasteiger partial charge < -0.3 is 13.9 Å². The van der Waals surface area contributed by atoms with Gasteiger partial charge in [-0.15, -0.1) is 0 Å². The number of fused-ring (bicyclic) bond motifs is 6. The molecule has 12 aromatic rings. The van der Waals surface area contributed by atoms with E-state index in [4.69, 9.17) is 4.42 Å². The first-order valence-electron chi connectivity index (χ1n) is 21.5. The second-order valence-electron chi connectivity index (χ2n) is 16.1. The molecular weight excluding hydrogens is 765 g/mol. The zero-order valence-corrected chi connectivity index (χ0v) is 34.4. The minimum absolute atomic E-state index is 0.895. The van der Waals surface area contributed by atoms with E-state index in [9.17, 15) is 0 Å². The third-order valence-corrected chi connectivity index (χ3v) is 12.4. The molecule has 63 heavy (non-hydrogen) atoms. The SMILES string of the molecule is c1ccc(-c2ccc(-c3ccccc3N(c3ccc(-c4ccccc4-n4c5ccccc5c5ccccc54)cc3)c3ccc(-c4cccc5oc6ccccc6c45)cc3)cc2)cc1. The largest absolute Gasteiger partial charge is 0.456 e. The summed E-state index contributed by atoms with van der Waals surface area (Å²) in [5, 5.41) is 4.77. The van der Waals surface area contributed by atoms with Gasteiger partial charge in [0.25, 0.3) is 0 Å². The van der Waals surface area contributed by atoms with Crippen LogP contribution in [0.5, 0.6) is 0 Å². The standard InChI is InChI=1S/C60H40N2O/c1-2-15-41(16-3-1)42-29-31-43(32-30-42)48-17-4-9-23-54(48)61(47-39-35-45(36-40-47)50-22-14-28-59-60(50)53-21-8-13-27-58(53)63-59)46-37-33-44(34-38-46)49-18-5-10-24-55(49)62-56-25-11-6-19-51(56)52-20-7-12-26-57(52)62/h1-40H. The first-order valence-corrected chi connectivity index (χ1v) is 21.5. The second kappa shape index (κ2) is 15.3. The van der Waals surface area contributed by atoms with Crippen LogP contribution in [0.15, 0.2) is 247 Å². The molecule has 0 unspecified atom stereocenters. The van der Waals surface area contributed by atoms with Crippen LogP contribution in [0.4, 0.5) is 17.1 Å². The molecule has 0 spiro atoms. The first-order chi connectivity index (χ1) is 31.3. The van der Waals surface area contributed by atoms with Gasteiger partial charge in [-0.25, -0.2) is 0 Å². The van der Waals surface area contributed by atoms with Crippen molar-refractivity contribution >= 4 is 60.8 Å². The lowest BCUT2D eigenvalue weighted by Crippen LogP contribution is -2.11. The average molecular weight is 805 g/mol. The Labute approximate surface area is 366 Å². The summed E-state index contributed by atoms with van der Waals surface area (Å²) >= 11 is 0.